The van der Waals surface area contributed by atoms with Gasteiger partial charge in [-0.15, -0.1) is 0 Å². The van der Waals surface area contributed by atoms with E-state index in [4.69, 9.17) is 9.47 Å². The van der Waals surface area contributed by atoms with Gasteiger partial charge in [0.05, 0.1) is 25.2 Å². The molecule has 0 saturated carbocycles. The first-order valence-electron chi connectivity index (χ1n) is 7.22. The number of carbonyl (C=O) groups is 2. The second kappa shape index (κ2) is 7.04. The van der Waals surface area contributed by atoms with Crippen molar-refractivity contribution in [1.82, 2.24) is 4.90 Å². The molecule has 0 unspecified atom stereocenters. The minimum absolute atomic E-state index is 0.0282. The van der Waals surface area contributed by atoms with Gasteiger partial charge >= 0.3 is 5.97 Å². The number of carbonyl (C=O) groups excluding carboxylic acids is 2. The van der Waals surface area contributed by atoms with Crippen molar-refractivity contribution in [2.75, 3.05) is 32.9 Å². The lowest BCUT2D eigenvalue weighted by Gasteiger charge is -2.36. The summed E-state index contributed by atoms with van der Waals surface area (Å²) in [5, 5.41) is 20.4. The van der Waals surface area contributed by atoms with E-state index >= 15 is 0 Å². The smallest absolute Gasteiger partial charge is 0.342 e. The van der Waals surface area contributed by atoms with Crippen LogP contribution in [0.4, 0.5) is 0 Å². The molecular formula is C15H21NO6. The van der Waals surface area contributed by atoms with Crippen molar-refractivity contribution in [1.29, 1.82) is 0 Å². The minimum atomic E-state index is -1.91. The molecule has 0 spiro atoms. The molecular weight excluding hydrogens is 290 g/mol. The standard InChI is InChI=1S/C15H21NO6/c1-2-7-22-14(19)15(20)4-3-12(17)11(10-15)13(18)16-5-8-21-9-6-16/h2-4,11-12,17,20H,1,5-10H2/t11-,12-,15-/m1/s1. The Morgan fingerprint density at radius 3 is 2.77 bits per heavy atom. The van der Waals surface area contributed by atoms with Gasteiger partial charge in [-0.25, -0.2) is 4.79 Å². The maximum atomic E-state index is 12.5. The quantitative estimate of drug-likeness (QED) is 0.523. The highest BCUT2D eigenvalue weighted by molar-refractivity contribution is 5.86. The zero-order valence-corrected chi connectivity index (χ0v) is 12.3. The van der Waals surface area contributed by atoms with Gasteiger partial charge in [0.2, 0.25) is 5.91 Å². The summed E-state index contributed by atoms with van der Waals surface area (Å²) in [4.78, 5) is 26.0. The number of aliphatic hydroxyl groups excluding tert-OH is 1. The summed E-state index contributed by atoms with van der Waals surface area (Å²) in [6.07, 6.45) is 2.59. The monoisotopic (exact) mass is 311 g/mol. The Hall–Kier alpha value is -1.70. The van der Waals surface area contributed by atoms with E-state index in [0.29, 0.717) is 26.3 Å². The second-order valence-corrected chi connectivity index (χ2v) is 5.41. The Morgan fingerprint density at radius 1 is 1.45 bits per heavy atom. The zero-order chi connectivity index (χ0) is 16.2. The lowest BCUT2D eigenvalue weighted by molar-refractivity contribution is -0.164. The van der Waals surface area contributed by atoms with E-state index in [1.54, 1.807) is 4.90 Å². The molecule has 0 bridgehead atoms. The molecule has 7 heteroatoms. The van der Waals surface area contributed by atoms with Crippen LogP contribution in [0.1, 0.15) is 6.42 Å². The first-order valence-corrected chi connectivity index (χ1v) is 7.22. The third-order valence-electron chi connectivity index (χ3n) is 3.84. The summed E-state index contributed by atoms with van der Waals surface area (Å²) in [7, 11) is 0. The second-order valence-electron chi connectivity index (χ2n) is 5.41. The van der Waals surface area contributed by atoms with Crippen molar-refractivity contribution < 1.29 is 29.3 Å². The molecule has 0 aromatic carbocycles. The molecule has 1 fully saturated rings. The lowest BCUT2D eigenvalue weighted by atomic mass is 9.80. The summed E-state index contributed by atoms with van der Waals surface area (Å²) in [6.45, 7) is 5.15. The first-order chi connectivity index (χ1) is 10.5. The molecule has 122 valence electrons. The summed E-state index contributed by atoms with van der Waals surface area (Å²) in [6, 6.07) is 0. The van der Waals surface area contributed by atoms with Gasteiger partial charge in [0, 0.05) is 19.5 Å². The van der Waals surface area contributed by atoms with Crippen LogP contribution in [0.5, 0.6) is 0 Å². The largest absolute Gasteiger partial charge is 0.459 e. The summed E-state index contributed by atoms with van der Waals surface area (Å²) < 4.78 is 10.0. The van der Waals surface area contributed by atoms with Crippen LogP contribution in [-0.2, 0) is 19.1 Å². The van der Waals surface area contributed by atoms with Crippen molar-refractivity contribution in [2.45, 2.75) is 18.1 Å². The van der Waals surface area contributed by atoms with Crippen LogP contribution in [0.25, 0.3) is 0 Å². The molecule has 22 heavy (non-hydrogen) atoms. The summed E-state index contributed by atoms with van der Waals surface area (Å²) >= 11 is 0. The van der Waals surface area contributed by atoms with E-state index in [9.17, 15) is 19.8 Å². The molecule has 7 nitrogen and oxygen atoms in total. The van der Waals surface area contributed by atoms with Crippen molar-refractivity contribution >= 4 is 11.9 Å². The molecule has 1 amide bonds. The number of amides is 1. The van der Waals surface area contributed by atoms with Gasteiger partial charge in [0.1, 0.15) is 6.61 Å². The van der Waals surface area contributed by atoms with Crippen LogP contribution < -0.4 is 0 Å². The molecule has 1 saturated heterocycles. The van der Waals surface area contributed by atoms with Crippen molar-refractivity contribution in [2.24, 2.45) is 5.92 Å². The van der Waals surface area contributed by atoms with Crippen LogP contribution in [0.15, 0.2) is 24.8 Å². The highest BCUT2D eigenvalue weighted by Gasteiger charge is 2.45. The maximum absolute atomic E-state index is 12.5. The lowest BCUT2D eigenvalue weighted by Crippen LogP contribution is -2.52. The third-order valence-corrected chi connectivity index (χ3v) is 3.84. The average Bonchev–Trinajstić information content (AvgIpc) is 2.55. The molecule has 2 N–H and O–H groups in total. The third kappa shape index (κ3) is 3.55. The van der Waals surface area contributed by atoms with Gasteiger partial charge in [-0.3, -0.25) is 4.79 Å². The van der Waals surface area contributed by atoms with Crippen LogP contribution in [-0.4, -0.2) is 71.6 Å². The number of hydrogen-bond donors (Lipinski definition) is 2. The van der Waals surface area contributed by atoms with E-state index < -0.39 is 23.6 Å². The van der Waals surface area contributed by atoms with Gasteiger partial charge < -0.3 is 24.6 Å². The van der Waals surface area contributed by atoms with E-state index in [1.807, 2.05) is 0 Å². The van der Waals surface area contributed by atoms with Gasteiger partial charge in [0.15, 0.2) is 5.60 Å². The molecule has 0 radical (unpaired) electrons. The fourth-order valence-corrected chi connectivity index (χ4v) is 2.58. The van der Waals surface area contributed by atoms with Crippen molar-refractivity contribution in [3.8, 4) is 0 Å². The van der Waals surface area contributed by atoms with Gasteiger partial charge in [-0.1, -0.05) is 18.7 Å². The fourth-order valence-electron chi connectivity index (χ4n) is 2.58. The van der Waals surface area contributed by atoms with E-state index in [2.05, 4.69) is 6.58 Å². The van der Waals surface area contributed by atoms with Crippen LogP contribution in [0.2, 0.25) is 0 Å². The number of ether oxygens (including phenoxy) is 2. The predicted octanol–water partition coefficient (Wildman–Crippen LogP) is -0.758. The van der Waals surface area contributed by atoms with E-state index in [-0.39, 0.29) is 18.9 Å². The van der Waals surface area contributed by atoms with E-state index in [1.165, 1.54) is 18.2 Å². The molecule has 0 aromatic heterocycles. The van der Waals surface area contributed by atoms with Crippen LogP contribution in [0.3, 0.4) is 0 Å². The maximum Gasteiger partial charge on any atom is 0.342 e. The number of aliphatic hydroxyl groups is 2. The number of morpholine rings is 1. The van der Waals surface area contributed by atoms with Gasteiger partial charge in [-0.05, 0) is 6.08 Å². The number of nitrogens with zero attached hydrogens (tertiary/aromatic N) is 1. The summed E-state index contributed by atoms with van der Waals surface area (Å²) in [5.41, 5.74) is -1.91. The van der Waals surface area contributed by atoms with Crippen LogP contribution >= 0.6 is 0 Å². The number of rotatable bonds is 4. The number of hydrogen-bond acceptors (Lipinski definition) is 6. The van der Waals surface area contributed by atoms with Gasteiger partial charge in [-0.2, -0.15) is 0 Å². The van der Waals surface area contributed by atoms with Crippen molar-refractivity contribution in [3.63, 3.8) is 0 Å². The number of esters is 1. The molecule has 1 heterocycles. The molecule has 2 rings (SSSR count). The highest BCUT2D eigenvalue weighted by atomic mass is 16.5. The highest BCUT2D eigenvalue weighted by Crippen LogP contribution is 2.30. The minimum Gasteiger partial charge on any atom is -0.459 e. The average molecular weight is 311 g/mol. The summed E-state index contributed by atoms with van der Waals surface area (Å²) in [5.74, 6) is -2.03. The Labute approximate surface area is 128 Å². The molecule has 1 aliphatic carbocycles. The Kier molecular flexibility index (Phi) is 5.33. The fraction of sp³-hybridized carbons (Fsp3) is 0.600. The first kappa shape index (κ1) is 16.7. The molecule has 3 atom stereocenters. The molecule has 0 aromatic rings. The Bertz CT molecular complexity index is 471. The van der Waals surface area contributed by atoms with Crippen LogP contribution in [0, 0.1) is 5.92 Å². The molecule has 2 aliphatic rings. The SMILES string of the molecule is C=CCOC(=O)[C@@]1(O)C=C[C@@H](O)[C@H](C(=O)N2CCOCC2)C1. The van der Waals surface area contributed by atoms with E-state index in [0.717, 1.165) is 0 Å². The normalized spacial score (nSPS) is 31.6. The van der Waals surface area contributed by atoms with Crippen molar-refractivity contribution in [3.05, 3.63) is 24.8 Å². The van der Waals surface area contributed by atoms with Gasteiger partial charge in [0.25, 0.3) is 0 Å². The predicted molar refractivity (Wildman–Crippen MR) is 76.8 cm³/mol. The topological polar surface area (TPSA) is 96.3 Å². The zero-order valence-electron chi connectivity index (χ0n) is 12.3. The Morgan fingerprint density at radius 2 is 2.14 bits per heavy atom. The molecule has 1 aliphatic heterocycles. The Balaban J connectivity index is 2.09.